The molecule has 3 aromatic heterocycles. The highest BCUT2D eigenvalue weighted by molar-refractivity contribution is 7.99. The zero-order chi connectivity index (χ0) is 39.1. The minimum Gasteiger partial charge on any atom is -0.456 e. The smallest absolute Gasteiger partial charge is 0.171 e. The molecule has 0 aliphatic carbocycles. The van der Waals surface area contributed by atoms with E-state index in [2.05, 4.69) is 126 Å². The van der Waals surface area contributed by atoms with Crippen LogP contribution in [0, 0.1) is 0 Å². The fourth-order valence-electron chi connectivity index (χ4n) is 9.51. The molecule has 7 aromatic carbocycles. The fraction of sp³-hybridized carbons (Fsp3) is 0.0189. The minimum atomic E-state index is -3.42. The lowest BCUT2D eigenvalue weighted by Gasteiger charge is -2.47. The summed E-state index contributed by atoms with van der Waals surface area (Å²) in [5.41, 5.74) is 11.2. The van der Waals surface area contributed by atoms with Crippen LogP contribution >= 0.6 is 18.9 Å². The quantitative estimate of drug-likeness (QED) is 0.166. The number of furan rings is 1. The highest BCUT2D eigenvalue weighted by Crippen LogP contribution is 2.62. The standard InChI is InChI=1S/C53H33N2O2PS/c56-58(38-15-5-2-6-16-38)49-21-11-8-18-41(49)53(44-32-40-39-17-7-10-20-47(39)57-48(40)33-50(44)58)42-19-9-12-22-51(42)59-52-31-36(23-24-43(52)53)37-29-45(34-13-3-1-4-14-34)55-46(30-37)35-25-27-54-28-26-35/h1-33H. The van der Waals surface area contributed by atoms with Crippen molar-refractivity contribution in [1.29, 1.82) is 0 Å². The Morgan fingerprint density at radius 3 is 1.93 bits per heavy atom. The van der Waals surface area contributed by atoms with Gasteiger partial charge < -0.3 is 8.98 Å². The highest BCUT2D eigenvalue weighted by atomic mass is 32.2. The van der Waals surface area contributed by atoms with Crippen LogP contribution in [0.4, 0.5) is 0 Å². The monoisotopic (exact) mass is 792 g/mol. The van der Waals surface area contributed by atoms with E-state index in [0.29, 0.717) is 0 Å². The summed E-state index contributed by atoms with van der Waals surface area (Å²) in [6.07, 6.45) is 3.63. The Balaban J connectivity index is 1.17. The van der Waals surface area contributed by atoms with Gasteiger partial charge in [-0.05, 0) is 88.0 Å². The Bertz CT molecular complexity index is 3290. The average molecular weight is 793 g/mol. The van der Waals surface area contributed by atoms with Crippen LogP contribution in [0.1, 0.15) is 22.3 Å². The van der Waals surface area contributed by atoms with E-state index < -0.39 is 12.6 Å². The number of fused-ring (bicyclic) bond motifs is 11. The largest absolute Gasteiger partial charge is 0.456 e. The zero-order valence-corrected chi connectivity index (χ0v) is 33.3. The third kappa shape index (κ3) is 5.02. The van der Waals surface area contributed by atoms with Gasteiger partial charge in [0.05, 0.1) is 16.8 Å². The molecule has 1 spiro atoms. The predicted octanol–water partition coefficient (Wildman–Crippen LogP) is 12.2. The van der Waals surface area contributed by atoms with Gasteiger partial charge in [0.1, 0.15) is 11.2 Å². The molecule has 278 valence electrons. The summed E-state index contributed by atoms with van der Waals surface area (Å²) in [7, 11) is -3.42. The summed E-state index contributed by atoms with van der Waals surface area (Å²) < 4.78 is 23.0. The van der Waals surface area contributed by atoms with Crippen LogP contribution in [-0.2, 0) is 9.98 Å². The summed E-state index contributed by atoms with van der Waals surface area (Å²) in [5.74, 6) is 0. The number of para-hydroxylation sites is 1. The number of pyridine rings is 2. The first-order chi connectivity index (χ1) is 29.1. The Kier molecular flexibility index (Phi) is 7.62. The first-order valence-corrected chi connectivity index (χ1v) is 22.3. The molecule has 0 fully saturated rings. The zero-order valence-electron chi connectivity index (χ0n) is 31.6. The average Bonchev–Trinajstić information content (AvgIpc) is 3.68. The number of benzene rings is 7. The molecule has 2 aliphatic heterocycles. The lowest BCUT2D eigenvalue weighted by Crippen LogP contribution is -2.48. The molecule has 2 aliphatic rings. The van der Waals surface area contributed by atoms with Gasteiger partial charge in [0.15, 0.2) is 7.14 Å². The molecule has 0 saturated carbocycles. The molecular formula is C53H33N2O2PS. The Labute approximate surface area is 345 Å². The highest BCUT2D eigenvalue weighted by Gasteiger charge is 2.54. The van der Waals surface area contributed by atoms with Gasteiger partial charge in [-0.25, -0.2) is 4.98 Å². The number of hydrogen-bond donors (Lipinski definition) is 0. The molecule has 0 N–H and O–H groups in total. The number of nitrogens with zero attached hydrogens (tertiary/aromatic N) is 2. The second-order valence-electron chi connectivity index (χ2n) is 15.2. The SMILES string of the molecule is O=P1(c2ccccc2)c2ccccc2C2(c3ccccc3Sc3cc(-c4cc(-c5ccccc5)nc(-c5ccncc5)c4)ccc32)c2cc3c(cc21)oc1ccccc13. The predicted molar refractivity (Wildman–Crippen MR) is 241 cm³/mol. The maximum atomic E-state index is 16.5. The molecule has 10 aromatic rings. The van der Waals surface area contributed by atoms with Crippen LogP contribution in [0.3, 0.4) is 0 Å². The summed E-state index contributed by atoms with van der Waals surface area (Å²) in [6, 6.07) is 65.5. The number of hydrogen-bond acceptors (Lipinski definition) is 5. The van der Waals surface area contributed by atoms with Gasteiger partial charge in [-0.2, -0.15) is 0 Å². The van der Waals surface area contributed by atoms with Crippen molar-refractivity contribution in [3.05, 3.63) is 223 Å². The van der Waals surface area contributed by atoms with E-state index in [9.17, 15) is 0 Å². The van der Waals surface area contributed by atoms with Crippen molar-refractivity contribution >= 4 is 56.8 Å². The third-order valence-electron chi connectivity index (χ3n) is 12.1. The minimum absolute atomic E-state index is 0.738. The molecule has 6 heteroatoms. The van der Waals surface area contributed by atoms with Crippen LogP contribution in [0.5, 0.6) is 0 Å². The van der Waals surface area contributed by atoms with Crippen LogP contribution in [0.2, 0.25) is 0 Å². The van der Waals surface area contributed by atoms with Crippen molar-refractivity contribution < 1.29 is 8.98 Å². The van der Waals surface area contributed by atoms with Gasteiger partial charge in [-0.15, -0.1) is 0 Å². The maximum Gasteiger partial charge on any atom is 0.171 e. The molecule has 0 radical (unpaired) electrons. The molecule has 0 saturated heterocycles. The first kappa shape index (κ1) is 34.3. The molecule has 2 atom stereocenters. The lowest BCUT2D eigenvalue weighted by molar-refractivity contribution is 0.589. The van der Waals surface area contributed by atoms with Crippen molar-refractivity contribution in [2.24, 2.45) is 0 Å². The van der Waals surface area contributed by atoms with Crippen molar-refractivity contribution in [2.45, 2.75) is 15.2 Å². The van der Waals surface area contributed by atoms with Gasteiger partial charge in [0, 0.05) is 60.0 Å². The van der Waals surface area contributed by atoms with Gasteiger partial charge in [-0.3, -0.25) is 4.98 Å². The van der Waals surface area contributed by atoms with Gasteiger partial charge in [0.25, 0.3) is 0 Å². The second kappa shape index (κ2) is 13.1. The van der Waals surface area contributed by atoms with Crippen molar-refractivity contribution in [1.82, 2.24) is 9.97 Å². The van der Waals surface area contributed by atoms with E-state index >= 15 is 4.57 Å². The summed E-state index contributed by atoms with van der Waals surface area (Å²) in [4.78, 5) is 11.7. The Hall–Kier alpha value is -6.78. The third-order valence-corrected chi connectivity index (χ3v) is 16.4. The van der Waals surface area contributed by atoms with Crippen molar-refractivity contribution in [3.8, 4) is 33.6 Å². The Morgan fingerprint density at radius 2 is 1.12 bits per heavy atom. The topological polar surface area (TPSA) is 56.0 Å². The van der Waals surface area contributed by atoms with Gasteiger partial charge in [0.2, 0.25) is 0 Å². The first-order valence-electron chi connectivity index (χ1n) is 19.7. The fourth-order valence-corrected chi connectivity index (χ4v) is 13.9. The summed E-state index contributed by atoms with van der Waals surface area (Å²) in [6.45, 7) is 0. The second-order valence-corrected chi connectivity index (χ2v) is 19.0. The molecule has 12 rings (SSSR count). The summed E-state index contributed by atoms with van der Waals surface area (Å²) in [5, 5.41) is 4.54. The van der Waals surface area contributed by atoms with E-state index in [1.54, 1.807) is 11.8 Å². The van der Waals surface area contributed by atoms with E-state index in [-0.39, 0.29) is 0 Å². The van der Waals surface area contributed by atoms with Gasteiger partial charge in [-0.1, -0.05) is 145 Å². The summed E-state index contributed by atoms with van der Waals surface area (Å²) >= 11 is 1.80. The van der Waals surface area contributed by atoms with E-state index in [1.807, 2.05) is 79.1 Å². The Morgan fingerprint density at radius 1 is 0.458 bits per heavy atom. The molecule has 0 amide bonds. The molecular weight excluding hydrogens is 760 g/mol. The molecule has 2 unspecified atom stereocenters. The lowest BCUT2D eigenvalue weighted by atomic mass is 9.64. The van der Waals surface area contributed by atoms with E-state index in [1.165, 1.54) is 10.5 Å². The van der Waals surface area contributed by atoms with Crippen LogP contribution < -0.4 is 15.9 Å². The van der Waals surface area contributed by atoms with E-state index in [4.69, 9.17) is 9.40 Å². The maximum absolute atomic E-state index is 16.5. The van der Waals surface area contributed by atoms with Crippen LogP contribution in [0.25, 0.3) is 55.6 Å². The van der Waals surface area contributed by atoms with Crippen LogP contribution in [0.15, 0.2) is 215 Å². The van der Waals surface area contributed by atoms with Crippen molar-refractivity contribution in [3.63, 3.8) is 0 Å². The van der Waals surface area contributed by atoms with Crippen LogP contribution in [-0.4, -0.2) is 9.97 Å². The van der Waals surface area contributed by atoms with Gasteiger partial charge >= 0.3 is 0 Å². The van der Waals surface area contributed by atoms with E-state index in [0.717, 1.165) is 93.1 Å². The molecule has 5 heterocycles. The molecule has 59 heavy (non-hydrogen) atoms. The molecule has 4 nitrogen and oxygen atoms in total. The normalized spacial score (nSPS) is 17.6. The number of aromatic nitrogens is 2. The molecule has 0 bridgehead atoms. The number of rotatable bonds is 4. The van der Waals surface area contributed by atoms with Crippen molar-refractivity contribution in [2.75, 3.05) is 0 Å².